The monoisotopic (exact) mass is 208 g/mol. The topological polar surface area (TPSA) is 17.1 Å². The highest BCUT2D eigenvalue weighted by molar-refractivity contribution is 5.50. The minimum absolute atomic E-state index is 0.399. The van der Waals surface area contributed by atoms with E-state index < -0.39 is 0 Å². The molecule has 0 aromatic rings. The maximum absolute atomic E-state index is 10.2. The summed E-state index contributed by atoms with van der Waals surface area (Å²) >= 11 is 0. The Morgan fingerprint density at radius 1 is 1.33 bits per heavy atom. The van der Waals surface area contributed by atoms with E-state index in [4.69, 9.17) is 0 Å². The van der Waals surface area contributed by atoms with Crippen LogP contribution < -0.4 is 0 Å². The smallest absolute Gasteiger partial charge is 0.120 e. The molecular weight excluding hydrogens is 184 g/mol. The van der Waals surface area contributed by atoms with Crippen molar-refractivity contribution in [2.45, 2.75) is 52.9 Å². The Morgan fingerprint density at radius 3 is 2.67 bits per heavy atom. The zero-order valence-corrected chi connectivity index (χ0v) is 10.3. The van der Waals surface area contributed by atoms with E-state index in [0.717, 1.165) is 19.1 Å². The summed E-state index contributed by atoms with van der Waals surface area (Å²) in [5, 5.41) is 0. The summed E-state index contributed by atoms with van der Waals surface area (Å²) in [5.41, 5.74) is 1.48. The predicted molar refractivity (Wildman–Crippen MR) is 66.9 cm³/mol. The van der Waals surface area contributed by atoms with Crippen LogP contribution in [-0.2, 0) is 4.79 Å². The van der Waals surface area contributed by atoms with E-state index in [9.17, 15) is 4.79 Å². The van der Waals surface area contributed by atoms with Gasteiger partial charge in [-0.3, -0.25) is 0 Å². The van der Waals surface area contributed by atoms with E-state index in [1.54, 1.807) is 0 Å². The second kappa shape index (κ2) is 9.70. The summed E-state index contributed by atoms with van der Waals surface area (Å²) in [4.78, 5) is 10.2. The van der Waals surface area contributed by atoms with Gasteiger partial charge >= 0.3 is 0 Å². The first-order valence-electron chi connectivity index (χ1n) is 5.96. The molecule has 0 saturated carbocycles. The first-order valence-corrected chi connectivity index (χ1v) is 5.96. The number of unbranched alkanes of at least 4 members (excludes halogenated alkanes) is 2. The van der Waals surface area contributed by atoms with Crippen LogP contribution in [-0.4, -0.2) is 6.29 Å². The molecule has 0 aliphatic carbocycles. The van der Waals surface area contributed by atoms with Gasteiger partial charge in [-0.15, -0.1) is 0 Å². The summed E-state index contributed by atoms with van der Waals surface area (Å²) < 4.78 is 0. The second-order valence-electron chi connectivity index (χ2n) is 4.14. The van der Waals surface area contributed by atoms with Crippen LogP contribution >= 0.6 is 0 Å². The Labute approximate surface area is 94.3 Å². The van der Waals surface area contributed by atoms with Crippen LogP contribution in [0.25, 0.3) is 0 Å². The molecular formula is C14H24O. The fraction of sp³-hybridized carbons (Fsp3) is 0.643. The highest BCUT2D eigenvalue weighted by Crippen LogP contribution is 2.06. The molecule has 0 radical (unpaired) electrons. The van der Waals surface area contributed by atoms with Gasteiger partial charge in [0, 0.05) is 6.42 Å². The molecule has 0 spiro atoms. The molecule has 0 aromatic carbocycles. The van der Waals surface area contributed by atoms with Gasteiger partial charge in [0.05, 0.1) is 0 Å². The molecule has 0 rings (SSSR count). The molecule has 15 heavy (non-hydrogen) atoms. The van der Waals surface area contributed by atoms with Gasteiger partial charge in [0.25, 0.3) is 0 Å². The van der Waals surface area contributed by atoms with Gasteiger partial charge < -0.3 is 4.79 Å². The summed E-state index contributed by atoms with van der Waals surface area (Å²) in [6.07, 6.45) is 13.0. The molecule has 0 bridgehead atoms. The van der Waals surface area contributed by atoms with E-state index in [1.807, 2.05) is 0 Å². The van der Waals surface area contributed by atoms with Gasteiger partial charge in [0.15, 0.2) is 0 Å². The lowest BCUT2D eigenvalue weighted by atomic mass is 10.1. The molecule has 86 valence electrons. The Hall–Kier alpha value is -0.850. The highest BCUT2D eigenvalue weighted by Gasteiger charge is 1.93. The molecule has 1 heteroatoms. The number of carbonyl (C=O) groups is 1. The molecule has 0 N–H and O–H groups in total. The lowest BCUT2D eigenvalue weighted by molar-refractivity contribution is -0.108. The second-order valence-corrected chi connectivity index (χ2v) is 4.14. The highest BCUT2D eigenvalue weighted by atomic mass is 16.1. The third-order valence-electron chi connectivity index (χ3n) is 2.56. The summed E-state index contributed by atoms with van der Waals surface area (Å²) in [6.45, 7) is 6.45. The first-order chi connectivity index (χ1) is 7.20. The number of hydrogen-bond acceptors (Lipinski definition) is 1. The third-order valence-corrected chi connectivity index (χ3v) is 2.56. The lowest BCUT2D eigenvalue weighted by Crippen LogP contribution is -1.89. The molecule has 1 atom stereocenters. The van der Waals surface area contributed by atoms with Crippen LogP contribution in [0.2, 0.25) is 0 Å². The molecule has 0 saturated heterocycles. The minimum atomic E-state index is 0.399. The zero-order valence-electron chi connectivity index (χ0n) is 10.3. The fourth-order valence-electron chi connectivity index (χ4n) is 1.29. The maximum atomic E-state index is 10.2. The van der Waals surface area contributed by atoms with Crippen LogP contribution in [0, 0.1) is 5.92 Å². The van der Waals surface area contributed by atoms with Crippen LogP contribution in [0.15, 0.2) is 23.8 Å². The average molecular weight is 208 g/mol. The standard InChI is InChI=1S/C14H24O/c1-4-13(2)9-7-5-6-8-10-14(3)11-12-15/h8-10,12,14H,4-7,11H2,1-3H3/b10-8+,13-9+. The summed E-state index contributed by atoms with van der Waals surface area (Å²) in [5.74, 6) is 0.399. The predicted octanol–water partition coefficient (Wildman–Crippen LogP) is 4.29. The Balaban J connectivity index is 3.49. The zero-order chi connectivity index (χ0) is 11.5. The van der Waals surface area contributed by atoms with Crippen LogP contribution in [0.5, 0.6) is 0 Å². The first kappa shape index (κ1) is 14.2. The van der Waals surface area contributed by atoms with Crippen molar-refractivity contribution >= 4 is 6.29 Å². The van der Waals surface area contributed by atoms with Gasteiger partial charge in [0.1, 0.15) is 6.29 Å². The maximum Gasteiger partial charge on any atom is 0.120 e. The molecule has 0 aliphatic rings. The normalized spacial score (nSPS) is 14.5. The molecule has 0 heterocycles. The Morgan fingerprint density at radius 2 is 2.07 bits per heavy atom. The van der Waals surface area contributed by atoms with Crippen molar-refractivity contribution in [1.82, 2.24) is 0 Å². The van der Waals surface area contributed by atoms with E-state index in [0.29, 0.717) is 12.3 Å². The van der Waals surface area contributed by atoms with Crippen molar-refractivity contribution < 1.29 is 4.79 Å². The van der Waals surface area contributed by atoms with Crippen LogP contribution in [0.1, 0.15) is 52.9 Å². The lowest BCUT2D eigenvalue weighted by Gasteiger charge is -1.98. The summed E-state index contributed by atoms with van der Waals surface area (Å²) in [7, 11) is 0. The number of rotatable bonds is 8. The quantitative estimate of drug-likeness (QED) is 0.330. The van der Waals surface area contributed by atoms with Crippen molar-refractivity contribution in [1.29, 1.82) is 0 Å². The van der Waals surface area contributed by atoms with Crippen LogP contribution in [0.3, 0.4) is 0 Å². The minimum Gasteiger partial charge on any atom is -0.303 e. The molecule has 1 unspecified atom stereocenters. The molecule has 0 aromatic heterocycles. The Bertz CT molecular complexity index is 213. The van der Waals surface area contributed by atoms with Crippen molar-refractivity contribution in [3.05, 3.63) is 23.8 Å². The molecule has 0 fully saturated rings. The Kier molecular flexibility index (Phi) is 9.15. The van der Waals surface area contributed by atoms with Crippen molar-refractivity contribution in [3.8, 4) is 0 Å². The van der Waals surface area contributed by atoms with Crippen molar-refractivity contribution in [2.24, 2.45) is 5.92 Å². The molecule has 0 amide bonds. The number of allylic oxidation sites excluding steroid dienone is 4. The summed E-state index contributed by atoms with van der Waals surface area (Å²) in [6, 6.07) is 0. The van der Waals surface area contributed by atoms with Gasteiger partial charge in [0.2, 0.25) is 0 Å². The van der Waals surface area contributed by atoms with Gasteiger partial charge in [-0.25, -0.2) is 0 Å². The molecule has 0 aliphatic heterocycles. The van der Waals surface area contributed by atoms with E-state index in [1.165, 1.54) is 18.4 Å². The van der Waals surface area contributed by atoms with Gasteiger partial charge in [-0.1, -0.05) is 37.6 Å². The van der Waals surface area contributed by atoms with Gasteiger partial charge in [-0.05, 0) is 38.5 Å². The molecule has 1 nitrogen and oxygen atoms in total. The third kappa shape index (κ3) is 9.45. The number of hydrogen-bond donors (Lipinski definition) is 0. The average Bonchev–Trinajstić information content (AvgIpc) is 2.23. The number of carbonyl (C=O) groups excluding carboxylic acids is 1. The van der Waals surface area contributed by atoms with Gasteiger partial charge in [-0.2, -0.15) is 0 Å². The van der Waals surface area contributed by atoms with Crippen molar-refractivity contribution in [3.63, 3.8) is 0 Å². The van der Waals surface area contributed by atoms with E-state index in [2.05, 4.69) is 39.0 Å². The van der Waals surface area contributed by atoms with Crippen molar-refractivity contribution in [2.75, 3.05) is 0 Å². The van der Waals surface area contributed by atoms with E-state index in [-0.39, 0.29) is 0 Å². The van der Waals surface area contributed by atoms with Crippen LogP contribution in [0.4, 0.5) is 0 Å². The number of aldehydes is 1. The van der Waals surface area contributed by atoms with E-state index >= 15 is 0 Å². The fourth-order valence-corrected chi connectivity index (χ4v) is 1.29. The largest absolute Gasteiger partial charge is 0.303 e. The SMILES string of the molecule is CC/C(C)=C/CCC/C=C/C(C)CC=O.